The van der Waals surface area contributed by atoms with Crippen LogP contribution in [0.1, 0.15) is 12.8 Å². The lowest BCUT2D eigenvalue weighted by molar-refractivity contribution is -0.133. The van der Waals surface area contributed by atoms with Gasteiger partial charge in [-0.15, -0.1) is 0 Å². The molecule has 0 bridgehead atoms. The van der Waals surface area contributed by atoms with E-state index in [1.165, 1.54) is 0 Å². The highest BCUT2D eigenvalue weighted by Crippen LogP contribution is 2.23. The van der Waals surface area contributed by atoms with Crippen molar-refractivity contribution in [3.63, 3.8) is 0 Å². The molecule has 2 aromatic rings. The quantitative estimate of drug-likeness (QED) is 0.785. The first-order valence-electron chi connectivity index (χ1n) is 9.17. The smallest absolute Gasteiger partial charge is 0.236 e. The molecule has 0 saturated carbocycles. The van der Waals surface area contributed by atoms with Crippen molar-refractivity contribution in [2.24, 2.45) is 7.05 Å². The maximum absolute atomic E-state index is 12.6. The van der Waals surface area contributed by atoms with Crippen molar-refractivity contribution in [3.8, 4) is 0 Å². The van der Waals surface area contributed by atoms with Crippen LogP contribution < -0.4 is 4.90 Å². The number of aryl methyl sites for hydroxylation is 1. The number of aliphatic hydroxyl groups is 1. The maximum Gasteiger partial charge on any atom is 0.236 e. The fraction of sp³-hybridized carbons (Fsp3) is 0.647. The number of piperazine rings is 1. The molecular formula is C17H25N7O2. The average Bonchev–Trinajstić information content (AvgIpc) is 3.28. The monoisotopic (exact) mass is 359 g/mol. The first-order valence-corrected chi connectivity index (χ1v) is 9.17. The number of amides is 1. The summed E-state index contributed by atoms with van der Waals surface area (Å²) in [6.45, 7) is 4.30. The number of hydrogen-bond acceptors (Lipinski definition) is 7. The van der Waals surface area contributed by atoms with Crippen molar-refractivity contribution in [1.29, 1.82) is 0 Å². The van der Waals surface area contributed by atoms with Crippen LogP contribution in [0.4, 0.5) is 5.82 Å². The lowest BCUT2D eigenvalue weighted by Gasteiger charge is -2.36. The van der Waals surface area contributed by atoms with Crippen LogP contribution in [0.15, 0.2) is 12.5 Å². The lowest BCUT2D eigenvalue weighted by atomic mass is 10.2. The van der Waals surface area contributed by atoms with Crippen LogP contribution in [-0.2, 0) is 11.8 Å². The van der Waals surface area contributed by atoms with E-state index in [2.05, 4.69) is 24.9 Å². The number of rotatable bonds is 4. The van der Waals surface area contributed by atoms with Crippen molar-refractivity contribution in [3.05, 3.63) is 12.5 Å². The predicted octanol–water partition coefficient (Wildman–Crippen LogP) is -0.531. The number of carbonyl (C=O) groups excluding carboxylic acids is 1. The summed E-state index contributed by atoms with van der Waals surface area (Å²) in [4.78, 5) is 27.6. The molecule has 1 N–H and O–H groups in total. The molecule has 1 amide bonds. The zero-order valence-electron chi connectivity index (χ0n) is 15.1. The third-order valence-corrected chi connectivity index (χ3v) is 5.49. The van der Waals surface area contributed by atoms with Gasteiger partial charge in [-0.3, -0.25) is 14.4 Å². The van der Waals surface area contributed by atoms with Crippen LogP contribution in [-0.4, -0.2) is 92.5 Å². The van der Waals surface area contributed by atoms with Crippen molar-refractivity contribution >= 4 is 22.8 Å². The van der Waals surface area contributed by atoms with E-state index >= 15 is 0 Å². The Morgan fingerprint density at radius 1 is 1.23 bits per heavy atom. The summed E-state index contributed by atoms with van der Waals surface area (Å²) in [6.07, 6.45) is 5.40. The van der Waals surface area contributed by atoms with Gasteiger partial charge in [-0.25, -0.2) is 9.97 Å². The van der Waals surface area contributed by atoms with E-state index in [1.807, 2.05) is 11.9 Å². The molecule has 9 nitrogen and oxygen atoms in total. The van der Waals surface area contributed by atoms with E-state index < -0.39 is 0 Å². The first kappa shape index (κ1) is 17.2. The third kappa shape index (κ3) is 3.12. The summed E-state index contributed by atoms with van der Waals surface area (Å²) in [5, 5.41) is 14.6. The molecule has 0 aliphatic carbocycles. The highest BCUT2D eigenvalue weighted by atomic mass is 16.3. The molecule has 0 aromatic carbocycles. The van der Waals surface area contributed by atoms with Crippen LogP contribution in [0.25, 0.3) is 11.0 Å². The van der Waals surface area contributed by atoms with Gasteiger partial charge in [-0.05, 0) is 19.4 Å². The Labute approximate surface area is 152 Å². The van der Waals surface area contributed by atoms with Gasteiger partial charge in [-0.1, -0.05) is 0 Å². The Hall–Kier alpha value is -2.26. The number of anilines is 1. The molecule has 2 aromatic heterocycles. The zero-order chi connectivity index (χ0) is 18.1. The van der Waals surface area contributed by atoms with Gasteiger partial charge in [0.05, 0.1) is 24.7 Å². The van der Waals surface area contributed by atoms with Gasteiger partial charge < -0.3 is 14.9 Å². The van der Waals surface area contributed by atoms with Gasteiger partial charge in [0, 0.05) is 39.3 Å². The molecule has 2 fully saturated rings. The van der Waals surface area contributed by atoms with Crippen molar-refractivity contribution < 1.29 is 9.90 Å². The standard InChI is InChI=1S/C17H25N7O2/c1-21-16-14(9-20-21)17(19-12-18-16)23-7-5-22(6-8-23)15(26)10-24-4-2-3-13(24)11-25/h9,12-13,25H,2-8,10-11H2,1H3/t13-/m0/s1. The Morgan fingerprint density at radius 3 is 2.81 bits per heavy atom. The van der Waals surface area contributed by atoms with Crippen molar-refractivity contribution in [2.75, 3.05) is 50.8 Å². The summed E-state index contributed by atoms with van der Waals surface area (Å²) in [6, 6.07) is 0.139. The molecule has 0 spiro atoms. The number of fused-ring (bicyclic) bond motifs is 1. The summed E-state index contributed by atoms with van der Waals surface area (Å²) in [5.41, 5.74) is 0.817. The van der Waals surface area contributed by atoms with E-state index in [0.29, 0.717) is 19.6 Å². The number of aliphatic hydroxyl groups excluding tert-OH is 1. The molecule has 2 aliphatic rings. The fourth-order valence-electron chi connectivity index (χ4n) is 3.95. The lowest BCUT2D eigenvalue weighted by Crippen LogP contribution is -2.52. The van der Waals surface area contributed by atoms with Gasteiger partial charge in [-0.2, -0.15) is 5.10 Å². The second kappa shape index (κ2) is 7.16. The van der Waals surface area contributed by atoms with E-state index in [4.69, 9.17) is 0 Å². The van der Waals surface area contributed by atoms with Gasteiger partial charge in [0.15, 0.2) is 5.65 Å². The van der Waals surface area contributed by atoms with Crippen LogP contribution in [0.2, 0.25) is 0 Å². The molecule has 26 heavy (non-hydrogen) atoms. The van der Waals surface area contributed by atoms with E-state index in [9.17, 15) is 9.90 Å². The second-order valence-corrected chi connectivity index (χ2v) is 7.02. The van der Waals surface area contributed by atoms with Crippen molar-refractivity contribution in [2.45, 2.75) is 18.9 Å². The molecule has 0 unspecified atom stereocenters. The SMILES string of the molecule is Cn1ncc2c(N3CCN(C(=O)CN4CCC[C@H]4CO)CC3)ncnc21. The fourth-order valence-corrected chi connectivity index (χ4v) is 3.95. The van der Waals surface area contributed by atoms with Crippen LogP contribution in [0.3, 0.4) is 0 Å². The van der Waals surface area contributed by atoms with E-state index in [-0.39, 0.29) is 18.6 Å². The second-order valence-electron chi connectivity index (χ2n) is 7.02. The minimum Gasteiger partial charge on any atom is -0.395 e. The number of nitrogens with zero attached hydrogens (tertiary/aromatic N) is 7. The molecule has 0 radical (unpaired) electrons. The summed E-state index contributed by atoms with van der Waals surface area (Å²) >= 11 is 0. The molecule has 2 aliphatic heterocycles. The van der Waals surface area contributed by atoms with Crippen LogP contribution in [0, 0.1) is 0 Å². The molecular weight excluding hydrogens is 334 g/mol. The molecule has 4 rings (SSSR count). The van der Waals surface area contributed by atoms with Crippen molar-refractivity contribution in [1.82, 2.24) is 29.5 Å². The van der Waals surface area contributed by atoms with Gasteiger partial charge in [0.2, 0.25) is 5.91 Å². The average molecular weight is 359 g/mol. The topological polar surface area (TPSA) is 90.6 Å². The normalized spacial score (nSPS) is 21.7. The first-order chi connectivity index (χ1) is 12.7. The van der Waals surface area contributed by atoms with Gasteiger partial charge in [0.1, 0.15) is 12.1 Å². The predicted molar refractivity (Wildman–Crippen MR) is 96.8 cm³/mol. The molecule has 9 heteroatoms. The largest absolute Gasteiger partial charge is 0.395 e. The molecule has 2 saturated heterocycles. The minimum atomic E-state index is 0.135. The number of carbonyl (C=O) groups is 1. The maximum atomic E-state index is 12.6. The Bertz CT molecular complexity index is 785. The van der Waals surface area contributed by atoms with E-state index in [0.717, 1.165) is 49.3 Å². The summed E-state index contributed by atoms with van der Waals surface area (Å²) in [7, 11) is 1.87. The van der Waals surface area contributed by atoms with Crippen LogP contribution in [0.5, 0.6) is 0 Å². The molecule has 140 valence electrons. The molecule has 1 atom stereocenters. The number of hydrogen-bond donors (Lipinski definition) is 1. The highest BCUT2D eigenvalue weighted by Gasteiger charge is 2.29. The summed E-state index contributed by atoms with van der Waals surface area (Å²) in [5.74, 6) is 1.04. The Morgan fingerprint density at radius 2 is 2.04 bits per heavy atom. The Kier molecular flexibility index (Phi) is 4.73. The van der Waals surface area contributed by atoms with Gasteiger partial charge in [0.25, 0.3) is 0 Å². The number of likely N-dealkylation sites (tertiary alicyclic amines) is 1. The minimum absolute atomic E-state index is 0.135. The van der Waals surface area contributed by atoms with Crippen LogP contribution >= 0.6 is 0 Å². The molecule has 4 heterocycles. The summed E-state index contributed by atoms with van der Waals surface area (Å²) < 4.78 is 1.74. The zero-order valence-corrected chi connectivity index (χ0v) is 15.1. The number of aromatic nitrogens is 4. The third-order valence-electron chi connectivity index (χ3n) is 5.49. The highest BCUT2D eigenvalue weighted by molar-refractivity contribution is 5.87. The van der Waals surface area contributed by atoms with E-state index in [1.54, 1.807) is 17.2 Å². The van der Waals surface area contributed by atoms with Gasteiger partial charge >= 0.3 is 0 Å². The Balaban J connectivity index is 1.38.